The van der Waals surface area contributed by atoms with Crippen LogP contribution in [0.5, 0.6) is 0 Å². The number of unbranched alkanes of at least 4 members (excludes halogenated alkanes) is 2. The molecular formula is C25H40O. The molecule has 1 unspecified atom stereocenters. The minimum atomic E-state index is 0.0538. The summed E-state index contributed by atoms with van der Waals surface area (Å²) in [5.41, 5.74) is 5.47. The van der Waals surface area contributed by atoms with Crippen molar-refractivity contribution in [3.05, 3.63) is 46.5 Å². The van der Waals surface area contributed by atoms with Crippen molar-refractivity contribution >= 4 is 5.78 Å². The molecule has 26 heavy (non-hydrogen) atoms. The lowest BCUT2D eigenvalue weighted by molar-refractivity contribution is -0.116. The molecule has 0 aliphatic rings. The van der Waals surface area contributed by atoms with Crippen molar-refractivity contribution in [1.29, 1.82) is 0 Å². The predicted molar refractivity (Wildman–Crippen MR) is 115 cm³/mol. The van der Waals surface area contributed by atoms with Crippen molar-refractivity contribution in [3.8, 4) is 0 Å². The first-order chi connectivity index (χ1) is 12.1. The van der Waals surface area contributed by atoms with Crippen LogP contribution < -0.4 is 0 Å². The number of benzene rings is 1. The Balaban J connectivity index is 2.84. The number of hydrogen-bond acceptors (Lipinski definition) is 1. The molecule has 0 aromatic heterocycles. The van der Waals surface area contributed by atoms with E-state index in [0.717, 1.165) is 12.8 Å². The van der Waals surface area contributed by atoms with Crippen molar-refractivity contribution in [2.75, 3.05) is 0 Å². The van der Waals surface area contributed by atoms with Crippen molar-refractivity contribution in [2.45, 2.75) is 93.4 Å². The fourth-order valence-electron chi connectivity index (χ4n) is 3.37. The SMILES string of the molecule is CCCCCC(C)/C(=C/C(=O)CC(C)(C)C)CCc1ccc(C)c(C)c1. The van der Waals surface area contributed by atoms with E-state index in [0.29, 0.717) is 12.3 Å². The van der Waals surface area contributed by atoms with Crippen LogP contribution in [0.3, 0.4) is 0 Å². The quantitative estimate of drug-likeness (QED) is 0.315. The van der Waals surface area contributed by atoms with Gasteiger partial charge in [-0.05, 0) is 67.2 Å². The Kier molecular flexibility index (Phi) is 9.33. The van der Waals surface area contributed by atoms with Gasteiger partial charge in [0.15, 0.2) is 5.78 Å². The van der Waals surface area contributed by atoms with E-state index in [1.165, 1.54) is 47.9 Å². The van der Waals surface area contributed by atoms with Crippen molar-refractivity contribution in [2.24, 2.45) is 11.3 Å². The molecule has 0 N–H and O–H groups in total. The number of carbonyl (C=O) groups is 1. The van der Waals surface area contributed by atoms with Gasteiger partial charge >= 0.3 is 0 Å². The summed E-state index contributed by atoms with van der Waals surface area (Å²) in [6.45, 7) is 15.3. The van der Waals surface area contributed by atoms with Crippen LogP contribution in [0, 0.1) is 25.2 Å². The Bertz CT molecular complexity index is 601. The van der Waals surface area contributed by atoms with E-state index < -0.39 is 0 Å². The van der Waals surface area contributed by atoms with Gasteiger partial charge in [0.2, 0.25) is 0 Å². The molecule has 1 aromatic carbocycles. The molecule has 1 heteroatoms. The zero-order chi connectivity index (χ0) is 19.7. The van der Waals surface area contributed by atoms with Gasteiger partial charge in [-0.25, -0.2) is 0 Å². The molecule has 0 radical (unpaired) electrons. The summed E-state index contributed by atoms with van der Waals surface area (Å²) in [6.07, 6.45) is 9.59. The monoisotopic (exact) mass is 356 g/mol. The first kappa shape index (κ1) is 22.7. The van der Waals surface area contributed by atoms with Crippen LogP contribution in [0.25, 0.3) is 0 Å². The largest absolute Gasteiger partial charge is 0.295 e. The van der Waals surface area contributed by atoms with Crippen LogP contribution in [0.15, 0.2) is 29.8 Å². The average Bonchev–Trinajstić information content (AvgIpc) is 2.53. The highest BCUT2D eigenvalue weighted by Gasteiger charge is 2.17. The Morgan fingerprint density at radius 1 is 1.12 bits per heavy atom. The zero-order valence-corrected chi connectivity index (χ0v) is 18.2. The molecule has 0 saturated heterocycles. The van der Waals surface area contributed by atoms with Crippen molar-refractivity contribution in [1.82, 2.24) is 0 Å². The molecule has 0 aliphatic carbocycles. The van der Waals surface area contributed by atoms with E-state index in [-0.39, 0.29) is 11.2 Å². The average molecular weight is 357 g/mol. The van der Waals surface area contributed by atoms with Gasteiger partial charge in [-0.3, -0.25) is 4.79 Å². The second-order valence-corrected chi connectivity index (χ2v) is 9.24. The Morgan fingerprint density at radius 2 is 1.81 bits per heavy atom. The summed E-state index contributed by atoms with van der Waals surface area (Å²) in [4.78, 5) is 12.5. The molecule has 0 heterocycles. The lowest BCUT2D eigenvalue weighted by atomic mass is 9.86. The van der Waals surface area contributed by atoms with Crippen molar-refractivity contribution < 1.29 is 4.79 Å². The third-order valence-electron chi connectivity index (χ3n) is 5.20. The molecule has 1 rings (SSSR count). The fourth-order valence-corrected chi connectivity index (χ4v) is 3.37. The van der Waals surface area contributed by atoms with Gasteiger partial charge in [-0.1, -0.05) is 77.7 Å². The Hall–Kier alpha value is -1.37. The van der Waals surface area contributed by atoms with Gasteiger partial charge in [0, 0.05) is 6.42 Å². The van der Waals surface area contributed by atoms with E-state index in [9.17, 15) is 4.79 Å². The molecule has 0 bridgehead atoms. The van der Waals surface area contributed by atoms with Crippen LogP contribution in [0.1, 0.15) is 89.8 Å². The summed E-state index contributed by atoms with van der Waals surface area (Å²) >= 11 is 0. The number of hydrogen-bond donors (Lipinski definition) is 0. The van der Waals surface area contributed by atoms with Gasteiger partial charge in [-0.15, -0.1) is 0 Å². The van der Waals surface area contributed by atoms with Gasteiger partial charge in [0.25, 0.3) is 0 Å². The molecule has 1 aromatic rings. The summed E-state index contributed by atoms with van der Waals surface area (Å²) in [5, 5.41) is 0. The minimum absolute atomic E-state index is 0.0538. The maximum Gasteiger partial charge on any atom is 0.156 e. The summed E-state index contributed by atoms with van der Waals surface area (Å²) in [6, 6.07) is 6.74. The Labute approximate surface area is 162 Å². The minimum Gasteiger partial charge on any atom is -0.295 e. The fraction of sp³-hybridized carbons (Fsp3) is 0.640. The summed E-state index contributed by atoms with van der Waals surface area (Å²) in [5.74, 6) is 0.784. The van der Waals surface area contributed by atoms with Gasteiger partial charge < -0.3 is 0 Å². The molecule has 146 valence electrons. The molecule has 1 nitrogen and oxygen atoms in total. The molecular weight excluding hydrogens is 316 g/mol. The zero-order valence-electron chi connectivity index (χ0n) is 18.2. The third-order valence-corrected chi connectivity index (χ3v) is 5.20. The molecule has 0 fully saturated rings. The second kappa shape index (κ2) is 10.7. The highest BCUT2D eigenvalue weighted by atomic mass is 16.1. The van der Waals surface area contributed by atoms with E-state index >= 15 is 0 Å². The summed E-state index contributed by atoms with van der Waals surface area (Å²) in [7, 11) is 0. The number of rotatable bonds is 10. The van der Waals surface area contributed by atoms with Crippen LogP contribution in [-0.4, -0.2) is 5.78 Å². The number of allylic oxidation sites excluding steroid dienone is 2. The molecule has 1 atom stereocenters. The van der Waals surface area contributed by atoms with Crippen LogP contribution in [0.4, 0.5) is 0 Å². The Morgan fingerprint density at radius 3 is 2.38 bits per heavy atom. The highest BCUT2D eigenvalue weighted by molar-refractivity contribution is 5.90. The van der Waals surface area contributed by atoms with Crippen LogP contribution in [0.2, 0.25) is 0 Å². The van der Waals surface area contributed by atoms with E-state index in [4.69, 9.17) is 0 Å². The molecule has 0 aliphatic heterocycles. The normalized spacial score (nSPS) is 13.7. The summed E-state index contributed by atoms with van der Waals surface area (Å²) < 4.78 is 0. The lowest BCUT2D eigenvalue weighted by Gasteiger charge is -2.19. The van der Waals surface area contributed by atoms with Gasteiger partial charge in [-0.2, -0.15) is 0 Å². The maximum atomic E-state index is 12.5. The highest BCUT2D eigenvalue weighted by Crippen LogP contribution is 2.26. The number of aryl methyl sites for hydroxylation is 3. The van der Waals surface area contributed by atoms with E-state index in [1.807, 2.05) is 6.08 Å². The van der Waals surface area contributed by atoms with Crippen LogP contribution in [-0.2, 0) is 11.2 Å². The van der Waals surface area contributed by atoms with Gasteiger partial charge in [0.05, 0.1) is 0 Å². The predicted octanol–water partition coefficient (Wildman–Crippen LogP) is 7.38. The third kappa shape index (κ3) is 8.83. The number of carbonyl (C=O) groups excluding carboxylic acids is 1. The van der Waals surface area contributed by atoms with Crippen molar-refractivity contribution in [3.63, 3.8) is 0 Å². The molecule has 0 amide bonds. The maximum absolute atomic E-state index is 12.5. The first-order valence-corrected chi connectivity index (χ1v) is 10.4. The smallest absolute Gasteiger partial charge is 0.156 e. The molecule has 0 spiro atoms. The standard InChI is InChI=1S/C25H40O/c1-8-9-10-11-20(3)23(17-24(26)18-25(5,6)7)15-14-22-13-12-19(2)21(4)16-22/h12-13,16-17,20H,8-11,14-15,18H2,1-7H3/b23-17+. The van der Waals surface area contributed by atoms with E-state index in [1.54, 1.807) is 0 Å². The second-order valence-electron chi connectivity index (χ2n) is 9.24. The molecule has 0 saturated carbocycles. The van der Waals surface area contributed by atoms with E-state index in [2.05, 4.69) is 66.7 Å². The lowest BCUT2D eigenvalue weighted by Crippen LogP contribution is -2.13. The topological polar surface area (TPSA) is 17.1 Å². The number of ketones is 1. The van der Waals surface area contributed by atoms with Crippen LogP contribution >= 0.6 is 0 Å². The first-order valence-electron chi connectivity index (χ1n) is 10.4. The van der Waals surface area contributed by atoms with Gasteiger partial charge in [0.1, 0.15) is 0 Å².